The van der Waals surface area contributed by atoms with E-state index in [4.69, 9.17) is 14.2 Å². The summed E-state index contributed by atoms with van der Waals surface area (Å²) in [5, 5.41) is 0. The lowest BCUT2D eigenvalue weighted by molar-refractivity contribution is -0.167. The van der Waals surface area contributed by atoms with Crippen molar-refractivity contribution in [1.82, 2.24) is 0 Å². The van der Waals surface area contributed by atoms with Crippen LogP contribution in [0, 0.1) is 0 Å². The maximum absolute atomic E-state index is 12.9. The summed E-state index contributed by atoms with van der Waals surface area (Å²) < 4.78 is 17.0. The molecule has 1 unspecified atom stereocenters. The smallest absolute Gasteiger partial charge is 0.306 e. The van der Waals surface area contributed by atoms with Gasteiger partial charge in [-0.2, -0.15) is 0 Å². The molecule has 0 aliphatic heterocycles. The maximum atomic E-state index is 12.9. The second-order valence-electron chi connectivity index (χ2n) is 22.0. The van der Waals surface area contributed by atoms with E-state index in [1.165, 1.54) is 180 Å². The highest BCUT2D eigenvalue weighted by atomic mass is 16.6. The molecule has 0 bridgehead atoms. The molecular formula is C71H124O6. The van der Waals surface area contributed by atoms with Crippen molar-refractivity contribution in [3.8, 4) is 0 Å². The highest BCUT2D eigenvalue weighted by Gasteiger charge is 2.19. The molecule has 0 saturated carbocycles. The molecule has 0 heterocycles. The number of hydrogen-bond acceptors (Lipinski definition) is 6. The highest BCUT2D eigenvalue weighted by Crippen LogP contribution is 2.17. The molecule has 444 valence electrons. The molecule has 0 aromatic heterocycles. The van der Waals surface area contributed by atoms with Gasteiger partial charge in [-0.1, -0.05) is 298 Å². The Bertz CT molecular complexity index is 1470. The molecule has 0 spiro atoms. The average Bonchev–Trinajstić information content (AvgIpc) is 3.43. The van der Waals surface area contributed by atoms with Crippen LogP contribution in [-0.2, 0) is 28.6 Å². The van der Waals surface area contributed by atoms with Crippen LogP contribution in [0.1, 0.15) is 329 Å². The molecule has 0 rings (SSSR count). The SMILES string of the molecule is CC/C=C\C/C=C\C/C=C\C/C=C\C/C=C\CCCCCCCCCC(=O)OCC(COC(=O)CCCCCCCCCCCCCCCCCCCC)OC(=O)CCCCCCCCC/C=C\C/C=C\CCCCCC. The minimum absolute atomic E-state index is 0.0804. The molecule has 0 saturated heterocycles. The van der Waals surface area contributed by atoms with Gasteiger partial charge >= 0.3 is 17.9 Å². The lowest BCUT2D eigenvalue weighted by Crippen LogP contribution is -2.30. The van der Waals surface area contributed by atoms with E-state index >= 15 is 0 Å². The molecule has 0 N–H and O–H groups in total. The van der Waals surface area contributed by atoms with Gasteiger partial charge in [0, 0.05) is 19.3 Å². The molecular weight excluding hydrogens is 949 g/mol. The van der Waals surface area contributed by atoms with Crippen LogP contribution in [0.4, 0.5) is 0 Å². The fraction of sp³-hybridized carbons (Fsp3) is 0.761. The van der Waals surface area contributed by atoms with Crippen molar-refractivity contribution in [2.45, 2.75) is 335 Å². The van der Waals surface area contributed by atoms with Gasteiger partial charge in [-0.25, -0.2) is 0 Å². The van der Waals surface area contributed by atoms with Crippen molar-refractivity contribution in [2.75, 3.05) is 13.2 Å². The lowest BCUT2D eigenvalue weighted by Gasteiger charge is -2.18. The Morgan fingerprint density at radius 1 is 0.273 bits per heavy atom. The monoisotopic (exact) mass is 1070 g/mol. The van der Waals surface area contributed by atoms with Crippen LogP contribution in [0.5, 0.6) is 0 Å². The molecule has 6 nitrogen and oxygen atoms in total. The van der Waals surface area contributed by atoms with Gasteiger partial charge in [-0.05, 0) is 96.3 Å². The first-order valence-corrected chi connectivity index (χ1v) is 33.1. The Morgan fingerprint density at radius 3 is 0.805 bits per heavy atom. The molecule has 77 heavy (non-hydrogen) atoms. The van der Waals surface area contributed by atoms with Crippen LogP contribution < -0.4 is 0 Å². The van der Waals surface area contributed by atoms with E-state index < -0.39 is 6.10 Å². The summed E-state index contributed by atoms with van der Waals surface area (Å²) in [4.78, 5) is 38.4. The largest absolute Gasteiger partial charge is 0.462 e. The third-order valence-corrected chi connectivity index (χ3v) is 14.4. The fourth-order valence-electron chi connectivity index (χ4n) is 9.44. The van der Waals surface area contributed by atoms with Crippen molar-refractivity contribution >= 4 is 17.9 Å². The molecule has 0 aliphatic rings. The maximum Gasteiger partial charge on any atom is 0.306 e. The Labute approximate surface area is 477 Å². The Balaban J connectivity index is 4.39. The second-order valence-corrected chi connectivity index (χ2v) is 22.0. The summed E-state index contributed by atoms with van der Waals surface area (Å²) in [5.41, 5.74) is 0. The van der Waals surface area contributed by atoms with Crippen molar-refractivity contribution < 1.29 is 28.6 Å². The predicted octanol–water partition coefficient (Wildman–Crippen LogP) is 22.7. The first-order chi connectivity index (χ1) is 38.0. The number of carbonyl (C=O) groups is 3. The zero-order chi connectivity index (χ0) is 55.7. The van der Waals surface area contributed by atoms with Crippen LogP contribution in [0.2, 0.25) is 0 Å². The number of hydrogen-bond donors (Lipinski definition) is 0. The van der Waals surface area contributed by atoms with E-state index in [-0.39, 0.29) is 31.1 Å². The zero-order valence-corrected chi connectivity index (χ0v) is 51.0. The minimum Gasteiger partial charge on any atom is -0.462 e. The number of unbranched alkanes of at least 4 members (excludes halogenated alkanes) is 35. The van der Waals surface area contributed by atoms with E-state index in [9.17, 15) is 14.4 Å². The van der Waals surface area contributed by atoms with E-state index in [1.807, 2.05) is 0 Å². The molecule has 0 amide bonds. The summed E-state index contributed by atoms with van der Waals surface area (Å²) in [6.45, 7) is 6.54. The topological polar surface area (TPSA) is 78.9 Å². The van der Waals surface area contributed by atoms with Crippen molar-refractivity contribution in [1.29, 1.82) is 0 Å². The number of ether oxygens (including phenoxy) is 3. The Kier molecular flexibility index (Phi) is 62.2. The van der Waals surface area contributed by atoms with Gasteiger partial charge in [-0.15, -0.1) is 0 Å². The predicted molar refractivity (Wildman–Crippen MR) is 334 cm³/mol. The van der Waals surface area contributed by atoms with Gasteiger partial charge in [0.2, 0.25) is 0 Å². The second kappa shape index (κ2) is 65.1. The van der Waals surface area contributed by atoms with Crippen LogP contribution in [-0.4, -0.2) is 37.2 Å². The van der Waals surface area contributed by atoms with Crippen molar-refractivity contribution in [3.63, 3.8) is 0 Å². The van der Waals surface area contributed by atoms with Crippen molar-refractivity contribution in [3.05, 3.63) is 85.1 Å². The van der Waals surface area contributed by atoms with E-state index in [0.717, 1.165) is 109 Å². The third kappa shape index (κ3) is 63.3. The van der Waals surface area contributed by atoms with Crippen molar-refractivity contribution in [2.24, 2.45) is 0 Å². The molecule has 0 aromatic carbocycles. The fourth-order valence-corrected chi connectivity index (χ4v) is 9.44. The van der Waals surface area contributed by atoms with Crippen LogP contribution >= 0.6 is 0 Å². The van der Waals surface area contributed by atoms with Gasteiger partial charge in [0.05, 0.1) is 0 Å². The zero-order valence-electron chi connectivity index (χ0n) is 51.0. The van der Waals surface area contributed by atoms with Crippen LogP contribution in [0.15, 0.2) is 85.1 Å². The van der Waals surface area contributed by atoms with E-state index in [0.29, 0.717) is 19.3 Å². The Morgan fingerprint density at radius 2 is 0.506 bits per heavy atom. The van der Waals surface area contributed by atoms with Gasteiger partial charge in [-0.3, -0.25) is 14.4 Å². The molecule has 1 atom stereocenters. The third-order valence-electron chi connectivity index (χ3n) is 14.4. The summed E-state index contributed by atoms with van der Waals surface area (Å²) in [5.74, 6) is -0.883. The van der Waals surface area contributed by atoms with Gasteiger partial charge in [0.15, 0.2) is 6.10 Å². The van der Waals surface area contributed by atoms with Gasteiger partial charge in [0.1, 0.15) is 13.2 Å². The van der Waals surface area contributed by atoms with Crippen LogP contribution in [0.3, 0.4) is 0 Å². The van der Waals surface area contributed by atoms with Gasteiger partial charge in [0.25, 0.3) is 0 Å². The number of rotatable bonds is 60. The normalized spacial score (nSPS) is 12.6. The first-order valence-electron chi connectivity index (χ1n) is 33.1. The number of carbonyl (C=O) groups excluding carboxylic acids is 3. The quantitative estimate of drug-likeness (QED) is 0.0261. The van der Waals surface area contributed by atoms with Crippen LogP contribution in [0.25, 0.3) is 0 Å². The average molecular weight is 1070 g/mol. The standard InChI is InChI=1S/C71H124O6/c1-4-7-10-13-16-19-22-25-28-31-34-35-36-37-38-41-43-46-49-52-55-58-61-64-70(73)76-67-68(77-71(74)65-62-59-56-53-50-47-44-40-33-30-27-24-21-18-15-12-9-6-3)66-75-69(72)63-60-57-54-51-48-45-42-39-32-29-26-23-20-17-14-11-8-5-2/h7,10,16,19,21,24-25,28,30,33-35,37-38,68H,4-6,8-9,11-15,17-18,20,22-23,26-27,29,31-32,36,39-67H2,1-3H3/b10-7-,19-16-,24-21-,28-25-,33-30-,35-34-,38-37-. The number of esters is 3. The minimum atomic E-state index is -0.786. The summed E-state index contributed by atoms with van der Waals surface area (Å²) in [6, 6.07) is 0. The number of allylic oxidation sites excluding steroid dienone is 14. The molecule has 0 fully saturated rings. The summed E-state index contributed by atoms with van der Waals surface area (Å²) in [6.07, 6.45) is 85.8. The lowest BCUT2D eigenvalue weighted by atomic mass is 10.0. The molecule has 0 radical (unpaired) electrons. The highest BCUT2D eigenvalue weighted by molar-refractivity contribution is 5.71. The summed E-state index contributed by atoms with van der Waals surface area (Å²) in [7, 11) is 0. The first kappa shape index (κ1) is 73.6. The van der Waals surface area contributed by atoms with E-state index in [2.05, 4.69) is 106 Å². The van der Waals surface area contributed by atoms with E-state index in [1.54, 1.807) is 0 Å². The van der Waals surface area contributed by atoms with Gasteiger partial charge < -0.3 is 14.2 Å². The Hall–Kier alpha value is -3.41. The molecule has 0 aliphatic carbocycles. The molecule has 6 heteroatoms. The summed E-state index contributed by atoms with van der Waals surface area (Å²) >= 11 is 0. The molecule has 0 aromatic rings.